The van der Waals surface area contributed by atoms with Crippen molar-refractivity contribution in [1.82, 2.24) is 0 Å². The van der Waals surface area contributed by atoms with Gasteiger partial charge in [0, 0.05) is 0 Å². The van der Waals surface area contributed by atoms with Gasteiger partial charge in [-0.2, -0.15) is 0 Å². The molecule has 0 saturated heterocycles. The number of aromatic hydroxyl groups is 2. The van der Waals surface area contributed by atoms with E-state index in [1.807, 2.05) is 57.3 Å². The molecule has 0 amide bonds. The SMILES string of the molecule is N[C@@H](Cc1cc(I)c(Oc2ccc(O)cc2)c(I)c1)C(=O)Oc1cc(I)c(O)c(I)c1. The van der Waals surface area contributed by atoms with E-state index in [-0.39, 0.29) is 11.5 Å². The maximum absolute atomic E-state index is 12.5. The molecule has 0 aromatic heterocycles. The minimum Gasteiger partial charge on any atom is -0.508 e. The lowest BCUT2D eigenvalue weighted by Crippen LogP contribution is -2.36. The third-order valence-electron chi connectivity index (χ3n) is 4.08. The Kier molecular flexibility index (Phi) is 8.90. The Bertz CT molecular complexity index is 1080. The van der Waals surface area contributed by atoms with Gasteiger partial charge in [-0.3, -0.25) is 0 Å². The predicted molar refractivity (Wildman–Crippen MR) is 151 cm³/mol. The smallest absolute Gasteiger partial charge is 0.328 e. The lowest BCUT2D eigenvalue weighted by atomic mass is 10.1. The van der Waals surface area contributed by atoms with Crippen LogP contribution in [0.4, 0.5) is 0 Å². The molecule has 6 nitrogen and oxygen atoms in total. The van der Waals surface area contributed by atoms with Crippen LogP contribution in [0.2, 0.25) is 0 Å². The summed E-state index contributed by atoms with van der Waals surface area (Å²) >= 11 is 8.30. The molecule has 0 radical (unpaired) electrons. The molecular weight excluding hydrogens is 854 g/mol. The molecule has 1 atom stereocenters. The van der Waals surface area contributed by atoms with Gasteiger partial charge in [0.2, 0.25) is 0 Å². The van der Waals surface area contributed by atoms with E-state index in [9.17, 15) is 15.0 Å². The Morgan fingerprint density at radius 3 is 1.97 bits per heavy atom. The van der Waals surface area contributed by atoms with Crippen molar-refractivity contribution in [3.05, 3.63) is 68.4 Å². The third-order valence-corrected chi connectivity index (χ3v) is 7.33. The number of halogens is 4. The van der Waals surface area contributed by atoms with Gasteiger partial charge in [-0.1, -0.05) is 0 Å². The van der Waals surface area contributed by atoms with E-state index in [0.717, 1.165) is 12.7 Å². The summed E-state index contributed by atoms with van der Waals surface area (Å²) in [7, 11) is 0. The first-order valence-electron chi connectivity index (χ1n) is 8.74. The molecule has 0 bridgehead atoms. The number of hydrogen-bond acceptors (Lipinski definition) is 6. The number of hydrogen-bond donors (Lipinski definition) is 3. The summed E-state index contributed by atoms with van der Waals surface area (Å²) in [6.07, 6.45) is 0.302. The van der Waals surface area contributed by atoms with Crippen LogP contribution in [-0.4, -0.2) is 22.2 Å². The van der Waals surface area contributed by atoms with Crippen molar-refractivity contribution in [2.75, 3.05) is 0 Å². The number of benzene rings is 3. The summed E-state index contributed by atoms with van der Waals surface area (Å²) in [5, 5.41) is 19.3. The van der Waals surface area contributed by atoms with Crippen molar-refractivity contribution in [1.29, 1.82) is 0 Å². The fraction of sp³-hybridized carbons (Fsp3) is 0.0952. The minimum atomic E-state index is -0.848. The molecule has 0 heterocycles. The number of phenolic OH excluding ortho intramolecular Hbond substituents is 2. The number of esters is 1. The summed E-state index contributed by atoms with van der Waals surface area (Å²) in [5.74, 6) is 1.43. The van der Waals surface area contributed by atoms with Crippen LogP contribution in [0.1, 0.15) is 5.56 Å². The fourth-order valence-electron chi connectivity index (χ4n) is 2.59. The standard InChI is InChI=1S/C21H15I4NO5/c22-14-8-13(9-15(23)19(14)28)31-21(29)18(26)7-10-5-16(24)20(17(25)6-10)30-12-3-1-11(27)2-4-12/h1-6,8-9,18,27-28H,7,26H2/t18-/m0/s1. The van der Waals surface area contributed by atoms with E-state index in [1.54, 1.807) is 36.4 Å². The molecule has 3 aromatic carbocycles. The highest BCUT2D eigenvalue weighted by Gasteiger charge is 2.20. The van der Waals surface area contributed by atoms with Crippen molar-refractivity contribution in [3.63, 3.8) is 0 Å². The highest BCUT2D eigenvalue weighted by molar-refractivity contribution is 14.1. The quantitative estimate of drug-likeness (QED) is 0.165. The average molecular weight is 869 g/mol. The maximum Gasteiger partial charge on any atom is 0.328 e. The molecule has 0 aliphatic rings. The van der Waals surface area contributed by atoms with Crippen LogP contribution in [0.5, 0.6) is 28.7 Å². The zero-order valence-electron chi connectivity index (χ0n) is 15.6. The van der Waals surface area contributed by atoms with Gasteiger partial charge in [0.1, 0.15) is 29.0 Å². The van der Waals surface area contributed by atoms with E-state index in [2.05, 4.69) is 45.2 Å². The highest BCUT2D eigenvalue weighted by Crippen LogP contribution is 2.34. The van der Waals surface area contributed by atoms with Crippen LogP contribution in [0.25, 0.3) is 0 Å². The molecule has 10 heteroatoms. The number of carbonyl (C=O) groups is 1. The van der Waals surface area contributed by atoms with E-state index in [1.165, 1.54) is 0 Å². The second-order valence-electron chi connectivity index (χ2n) is 6.45. The van der Waals surface area contributed by atoms with Gasteiger partial charge in [0.25, 0.3) is 0 Å². The molecule has 3 rings (SSSR count). The van der Waals surface area contributed by atoms with E-state index in [0.29, 0.717) is 30.8 Å². The molecule has 0 aliphatic heterocycles. The number of carbonyl (C=O) groups excluding carboxylic acids is 1. The zero-order chi connectivity index (χ0) is 22.7. The van der Waals surface area contributed by atoms with Crippen molar-refractivity contribution < 1.29 is 24.5 Å². The number of phenols is 2. The molecule has 0 fully saturated rings. The minimum absolute atomic E-state index is 0.157. The Balaban J connectivity index is 1.70. The van der Waals surface area contributed by atoms with Crippen LogP contribution >= 0.6 is 90.4 Å². The summed E-state index contributed by atoms with van der Waals surface area (Å²) in [5.41, 5.74) is 6.97. The molecule has 4 N–H and O–H groups in total. The molecule has 0 unspecified atom stereocenters. The van der Waals surface area contributed by atoms with Crippen molar-refractivity contribution in [2.45, 2.75) is 12.5 Å². The molecule has 0 aliphatic carbocycles. The molecule has 0 saturated carbocycles. The van der Waals surface area contributed by atoms with Crippen LogP contribution in [-0.2, 0) is 11.2 Å². The third kappa shape index (κ3) is 6.70. The Labute approximate surface area is 233 Å². The van der Waals surface area contributed by atoms with Gasteiger partial charge < -0.3 is 25.4 Å². The molecule has 0 spiro atoms. The first-order valence-corrected chi connectivity index (χ1v) is 13.1. The summed E-state index contributed by atoms with van der Waals surface area (Å²) in [6, 6.07) is 12.7. The van der Waals surface area contributed by atoms with Crippen molar-refractivity contribution in [2.24, 2.45) is 5.73 Å². The predicted octanol–water partition coefficient (Wildman–Crippen LogP) is 5.78. The topological polar surface area (TPSA) is 102 Å². The van der Waals surface area contributed by atoms with Crippen LogP contribution < -0.4 is 15.2 Å². The second kappa shape index (κ2) is 11.0. The van der Waals surface area contributed by atoms with E-state index >= 15 is 0 Å². The van der Waals surface area contributed by atoms with Crippen molar-refractivity contribution in [3.8, 4) is 28.7 Å². The maximum atomic E-state index is 12.5. The lowest BCUT2D eigenvalue weighted by Gasteiger charge is -2.15. The Hall–Kier alpha value is -0.590. The Morgan fingerprint density at radius 2 is 1.42 bits per heavy atom. The fourth-order valence-corrected chi connectivity index (χ4v) is 6.42. The van der Waals surface area contributed by atoms with Gasteiger partial charge in [0.05, 0.1) is 14.3 Å². The second-order valence-corrected chi connectivity index (χ2v) is 11.1. The molecule has 162 valence electrons. The van der Waals surface area contributed by atoms with Crippen LogP contribution in [0.3, 0.4) is 0 Å². The van der Waals surface area contributed by atoms with Gasteiger partial charge in [-0.05, 0) is 151 Å². The van der Waals surface area contributed by atoms with Gasteiger partial charge >= 0.3 is 5.97 Å². The first kappa shape index (κ1) is 25.0. The highest BCUT2D eigenvalue weighted by atomic mass is 127. The molecule has 31 heavy (non-hydrogen) atoms. The average Bonchev–Trinajstić information content (AvgIpc) is 2.70. The van der Waals surface area contributed by atoms with Crippen LogP contribution in [0, 0.1) is 14.3 Å². The van der Waals surface area contributed by atoms with Gasteiger partial charge in [0.15, 0.2) is 5.75 Å². The summed E-state index contributed by atoms with van der Waals surface area (Å²) in [6.45, 7) is 0. The zero-order valence-corrected chi connectivity index (χ0v) is 24.2. The number of nitrogens with two attached hydrogens (primary N) is 1. The molecule has 3 aromatic rings. The monoisotopic (exact) mass is 869 g/mol. The van der Waals surface area contributed by atoms with Gasteiger partial charge in [-0.15, -0.1) is 0 Å². The normalized spacial score (nSPS) is 11.8. The number of rotatable bonds is 6. The largest absolute Gasteiger partial charge is 0.508 e. The first-order chi connectivity index (χ1) is 14.6. The van der Waals surface area contributed by atoms with Crippen LogP contribution in [0.15, 0.2) is 48.5 Å². The summed E-state index contributed by atoms with van der Waals surface area (Å²) in [4.78, 5) is 12.5. The molecular formula is C21H15I4NO5. The number of ether oxygens (including phenoxy) is 2. The summed E-state index contributed by atoms with van der Waals surface area (Å²) < 4.78 is 14.3. The lowest BCUT2D eigenvalue weighted by molar-refractivity contribution is -0.135. The van der Waals surface area contributed by atoms with Gasteiger partial charge in [-0.25, -0.2) is 4.79 Å². The van der Waals surface area contributed by atoms with Crippen molar-refractivity contribution >= 4 is 96.3 Å². The Morgan fingerprint density at radius 1 is 0.871 bits per heavy atom. The van der Waals surface area contributed by atoms with E-state index < -0.39 is 12.0 Å². The van der Waals surface area contributed by atoms with E-state index in [4.69, 9.17) is 15.2 Å².